The molecule has 0 spiro atoms. The Labute approximate surface area is 151 Å². The van der Waals surface area contributed by atoms with Crippen LogP contribution in [0.15, 0.2) is 94.7 Å². The SMILES string of the molecule is Cc1ccc([S@](=O)/C(=C/c2ccccc2)[C@@H](N)c2ccccc2)cc1. The van der Waals surface area contributed by atoms with Gasteiger partial charge in [-0.2, -0.15) is 0 Å². The highest BCUT2D eigenvalue weighted by Crippen LogP contribution is 2.28. The van der Waals surface area contributed by atoms with Crippen molar-refractivity contribution in [3.63, 3.8) is 0 Å². The fourth-order valence-corrected chi connectivity index (χ4v) is 3.86. The van der Waals surface area contributed by atoms with E-state index in [0.29, 0.717) is 4.91 Å². The van der Waals surface area contributed by atoms with E-state index in [-0.39, 0.29) is 0 Å². The van der Waals surface area contributed by atoms with Gasteiger partial charge in [-0.25, -0.2) is 4.21 Å². The lowest BCUT2D eigenvalue weighted by atomic mass is 10.1. The fraction of sp³-hybridized carbons (Fsp3) is 0.0909. The quantitative estimate of drug-likeness (QED) is 0.717. The van der Waals surface area contributed by atoms with Crippen LogP contribution in [0.2, 0.25) is 0 Å². The van der Waals surface area contributed by atoms with E-state index in [0.717, 1.165) is 21.6 Å². The van der Waals surface area contributed by atoms with Gasteiger partial charge < -0.3 is 5.73 Å². The zero-order valence-electron chi connectivity index (χ0n) is 14.1. The van der Waals surface area contributed by atoms with E-state index in [2.05, 4.69) is 0 Å². The van der Waals surface area contributed by atoms with Gasteiger partial charge in [0, 0.05) is 9.80 Å². The molecular weight excluding hydrogens is 326 g/mol. The van der Waals surface area contributed by atoms with E-state index in [1.165, 1.54) is 0 Å². The Kier molecular flexibility index (Phi) is 5.59. The third-order valence-electron chi connectivity index (χ3n) is 4.02. The van der Waals surface area contributed by atoms with Crippen LogP contribution in [0.25, 0.3) is 6.08 Å². The zero-order valence-corrected chi connectivity index (χ0v) is 14.9. The van der Waals surface area contributed by atoms with Crippen LogP contribution in [0.4, 0.5) is 0 Å². The van der Waals surface area contributed by atoms with Crippen LogP contribution in [0.3, 0.4) is 0 Å². The molecule has 3 heteroatoms. The lowest BCUT2D eigenvalue weighted by molar-refractivity contribution is 0.683. The van der Waals surface area contributed by atoms with E-state index < -0.39 is 16.8 Å². The van der Waals surface area contributed by atoms with E-state index >= 15 is 0 Å². The Hall–Kier alpha value is -2.49. The van der Waals surface area contributed by atoms with Crippen molar-refractivity contribution in [1.82, 2.24) is 0 Å². The molecule has 0 aliphatic heterocycles. The van der Waals surface area contributed by atoms with Crippen LogP contribution < -0.4 is 5.73 Å². The molecule has 126 valence electrons. The normalized spacial score (nSPS) is 14.1. The Morgan fingerprint density at radius 3 is 2.04 bits per heavy atom. The molecule has 0 aromatic heterocycles. The summed E-state index contributed by atoms with van der Waals surface area (Å²) < 4.78 is 13.2. The monoisotopic (exact) mass is 347 g/mol. The van der Waals surface area contributed by atoms with Crippen molar-refractivity contribution in [2.24, 2.45) is 5.73 Å². The van der Waals surface area contributed by atoms with Crippen LogP contribution in [0, 0.1) is 6.92 Å². The largest absolute Gasteiger partial charge is 0.320 e. The summed E-state index contributed by atoms with van der Waals surface area (Å²) in [4.78, 5) is 1.46. The van der Waals surface area contributed by atoms with E-state index in [1.54, 1.807) is 0 Å². The summed E-state index contributed by atoms with van der Waals surface area (Å²) in [5, 5.41) is 0. The highest BCUT2D eigenvalue weighted by Gasteiger charge is 2.19. The molecule has 0 aliphatic rings. The van der Waals surface area contributed by atoms with E-state index in [9.17, 15) is 4.21 Å². The van der Waals surface area contributed by atoms with Gasteiger partial charge in [0.05, 0.1) is 16.8 Å². The molecule has 0 bridgehead atoms. The molecule has 0 fully saturated rings. The first-order valence-electron chi connectivity index (χ1n) is 8.21. The second kappa shape index (κ2) is 8.06. The van der Waals surface area contributed by atoms with Crippen molar-refractivity contribution >= 4 is 16.9 Å². The number of benzene rings is 3. The maximum Gasteiger partial charge on any atom is 0.0828 e. The molecule has 3 aromatic carbocycles. The van der Waals surface area contributed by atoms with Crippen LogP contribution in [0.5, 0.6) is 0 Å². The minimum Gasteiger partial charge on any atom is -0.320 e. The number of nitrogens with two attached hydrogens (primary N) is 1. The van der Waals surface area contributed by atoms with E-state index in [1.807, 2.05) is 97.9 Å². The Balaban J connectivity index is 2.04. The molecule has 0 unspecified atom stereocenters. The van der Waals surface area contributed by atoms with Crippen molar-refractivity contribution in [2.45, 2.75) is 17.9 Å². The first-order chi connectivity index (χ1) is 12.1. The van der Waals surface area contributed by atoms with Gasteiger partial charge in [0.15, 0.2) is 0 Å². The minimum absolute atomic E-state index is 0.427. The summed E-state index contributed by atoms with van der Waals surface area (Å²) >= 11 is 0. The molecular formula is C22H21NOS. The second-order valence-electron chi connectivity index (χ2n) is 5.93. The van der Waals surface area contributed by atoms with Crippen molar-refractivity contribution in [3.05, 3.63) is 107 Å². The second-order valence-corrected chi connectivity index (χ2v) is 7.41. The molecule has 0 saturated heterocycles. The summed E-state index contributed by atoms with van der Waals surface area (Å²) in [5.41, 5.74) is 9.57. The van der Waals surface area contributed by atoms with Crippen molar-refractivity contribution in [2.75, 3.05) is 0 Å². The molecule has 0 saturated carbocycles. The Bertz CT molecular complexity index is 871. The molecule has 3 aromatic rings. The van der Waals surface area contributed by atoms with Crippen molar-refractivity contribution < 1.29 is 4.21 Å². The predicted molar refractivity (Wildman–Crippen MR) is 105 cm³/mol. The molecule has 0 aliphatic carbocycles. The highest BCUT2D eigenvalue weighted by atomic mass is 32.2. The highest BCUT2D eigenvalue weighted by molar-refractivity contribution is 7.89. The zero-order chi connectivity index (χ0) is 17.6. The predicted octanol–water partition coefficient (Wildman–Crippen LogP) is 4.84. The first-order valence-corrected chi connectivity index (χ1v) is 9.36. The first kappa shape index (κ1) is 17.3. The lowest BCUT2D eigenvalue weighted by Gasteiger charge is -2.17. The van der Waals surface area contributed by atoms with Gasteiger partial charge in [-0.05, 0) is 36.3 Å². The summed E-state index contributed by atoms with van der Waals surface area (Å²) in [6, 6.07) is 27.0. The molecule has 0 heterocycles. The average Bonchev–Trinajstić information content (AvgIpc) is 2.67. The van der Waals surface area contributed by atoms with Gasteiger partial charge in [-0.1, -0.05) is 78.4 Å². The summed E-state index contributed by atoms with van der Waals surface area (Å²) in [6.07, 6.45) is 1.94. The third-order valence-corrected chi connectivity index (χ3v) is 5.52. The number of rotatable bonds is 5. The summed E-state index contributed by atoms with van der Waals surface area (Å²) in [5.74, 6) is 0. The summed E-state index contributed by atoms with van der Waals surface area (Å²) in [7, 11) is -1.32. The molecule has 2 N–H and O–H groups in total. The standard InChI is InChI=1S/C22H21NOS/c1-17-12-14-20(15-13-17)25(24)21(16-18-8-4-2-5-9-18)22(23)19-10-6-3-7-11-19/h2-16,22H,23H2,1H3/b21-16+/t22-,25-/m0/s1. The van der Waals surface area contributed by atoms with Gasteiger partial charge in [0.2, 0.25) is 0 Å². The Morgan fingerprint density at radius 1 is 0.880 bits per heavy atom. The maximum atomic E-state index is 13.2. The van der Waals surface area contributed by atoms with Gasteiger partial charge in [-0.3, -0.25) is 0 Å². The van der Waals surface area contributed by atoms with Gasteiger partial charge in [-0.15, -0.1) is 0 Å². The fourth-order valence-electron chi connectivity index (χ4n) is 2.59. The molecule has 0 radical (unpaired) electrons. The Morgan fingerprint density at radius 2 is 1.44 bits per heavy atom. The van der Waals surface area contributed by atoms with Gasteiger partial charge in [0.1, 0.15) is 0 Å². The molecule has 25 heavy (non-hydrogen) atoms. The molecule has 0 amide bonds. The minimum atomic E-state index is -1.32. The van der Waals surface area contributed by atoms with Crippen molar-refractivity contribution in [3.8, 4) is 0 Å². The van der Waals surface area contributed by atoms with Gasteiger partial charge >= 0.3 is 0 Å². The van der Waals surface area contributed by atoms with Crippen LogP contribution in [-0.4, -0.2) is 4.21 Å². The lowest BCUT2D eigenvalue weighted by Crippen LogP contribution is -2.16. The third kappa shape index (κ3) is 4.32. The van der Waals surface area contributed by atoms with Crippen LogP contribution in [0.1, 0.15) is 22.7 Å². The maximum absolute atomic E-state index is 13.2. The topological polar surface area (TPSA) is 43.1 Å². The molecule has 3 rings (SSSR count). The van der Waals surface area contributed by atoms with Gasteiger partial charge in [0.25, 0.3) is 0 Å². The number of aryl methyl sites for hydroxylation is 1. The smallest absolute Gasteiger partial charge is 0.0828 e. The number of hydrogen-bond acceptors (Lipinski definition) is 2. The van der Waals surface area contributed by atoms with Crippen molar-refractivity contribution in [1.29, 1.82) is 0 Å². The van der Waals surface area contributed by atoms with E-state index in [4.69, 9.17) is 5.73 Å². The molecule has 2 atom stereocenters. The summed E-state index contributed by atoms with van der Waals surface area (Å²) in [6.45, 7) is 2.02. The molecule has 2 nitrogen and oxygen atoms in total. The number of hydrogen-bond donors (Lipinski definition) is 1. The van der Waals surface area contributed by atoms with Crippen LogP contribution in [-0.2, 0) is 10.8 Å². The van der Waals surface area contributed by atoms with Crippen LogP contribution >= 0.6 is 0 Å². The average molecular weight is 347 g/mol.